The van der Waals surface area contributed by atoms with Crippen LogP contribution in [0.4, 0.5) is 15.9 Å². The quantitative estimate of drug-likeness (QED) is 0.685. The summed E-state index contributed by atoms with van der Waals surface area (Å²) in [4.78, 5) is 32.8. The minimum absolute atomic E-state index is 0.0408. The average Bonchev–Trinajstić information content (AvgIpc) is 3.29. The summed E-state index contributed by atoms with van der Waals surface area (Å²) in [5.41, 5.74) is 0.218. The van der Waals surface area contributed by atoms with E-state index in [1.807, 2.05) is 4.90 Å². The SMILES string of the molecule is O=C(Nc1ccc(N2CCN(C(=O)c3ccco3)CC2)nc1)c1c(F)cccc1Cl. The fraction of sp³-hybridized carbons (Fsp3) is 0.190. The minimum Gasteiger partial charge on any atom is -0.459 e. The van der Waals surface area contributed by atoms with Crippen molar-refractivity contribution in [2.45, 2.75) is 0 Å². The molecule has 154 valence electrons. The van der Waals surface area contributed by atoms with Gasteiger partial charge in [-0.2, -0.15) is 0 Å². The van der Waals surface area contributed by atoms with Crippen molar-refractivity contribution in [2.75, 3.05) is 36.4 Å². The van der Waals surface area contributed by atoms with Crippen LogP contribution < -0.4 is 10.2 Å². The summed E-state index contributed by atoms with van der Waals surface area (Å²) in [5, 5.41) is 2.64. The summed E-state index contributed by atoms with van der Waals surface area (Å²) < 4.78 is 19.1. The van der Waals surface area contributed by atoms with Gasteiger partial charge in [0, 0.05) is 26.2 Å². The Morgan fingerprint density at radius 3 is 2.50 bits per heavy atom. The summed E-state index contributed by atoms with van der Waals surface area (Å²) >= 11 is 5.93. The first-order chi connectivity index (χ1) is 14.5. The van der Waals surface area contributed by atoms with Crippen molar-refractivity contribution in [3.63, 3.8) is 0 Å². The van der Waals surface area contributed by atoms with Crippen LogP contribution in [0.1, 0.15) is 20.9 Å². The van der Waals surface area contributed by atoms with Crippen molar-refractivity contribution in [1.29, 1.82) is 0 Å². The fourth-order valence-corrected chi connectivity index (χ4v) is 3.50. The highest BCUT2D eigenvalue weighted by atomic mass is 35.5. The molecule has 0 unspecified atom stereocenters. The van der Waals surface area contributed by atoms with E-state index in [1.165, 1.54) is 30.7 Å². The summed E-state index contributed by atoms with van der Waals surface area (Å²) in [6.07, 6.45) is 2.98. The molecule has 4 rings (SSSR count). The molecule has 9 heteroatoms. The van der Waals surface area contributed by atoms with Gasteiger partial charge in [-0.1, -0.05) is 17.7 Å². The van der Waals surface area contributed by atoms with E-state index in [2.05, 4.69) is 10.3 Å². The van der Waals surface area contributed by atoms with Crippen molar-refractivity contribution in [2.24, 2.45) is 0 Å². The lowest BCUT2D eigenvalue weighted by atomic mass is 10.2. The summed E-state index contributed by atoms with van der Waals surface area (Å²) in [7, 11) is 0. The molecule has 1 N–H and O–H groups in total. The standard InChI is InChI=1S/C21H18ClFN4O3/c22-15-3-1-4-16(23)19(15)20(28)25-14-6-7-18(24-13-14)26-8-10-27(11-9-26)21(29)17-5-2-12-30-17/h1-7,12-13H,8-11H2,(H,25,28). The Bertz CT molecular complexity index is 1030. The second-order valence-electron chi connectivity index (χ2n) is 6.71. The molecule has 30 heavy (non-hydrogen) atoms. The first kappa shape index (κ1) is 19.9. The van der Waals surface area contributed by atoms with Gasteiger partial charge in [-0.3, -0.25) is 9.59 Å². The van der Waals surface area contributed by atoms with E-state index in [1.54, 1.807) is 29.2 Å². The first-order valence-electron chi connectivity index (χ1n) is 9.32. The van der Waals surface area contributed by atoms with Crippen LogP contribution in [-0.2, 0) is 0 Å². The molecule has 1 aliphatic heterocycles. The Morgan fingerprint density at radius 2 is 1.87 bits per heavy atom. The number of benzene rings is 1. The number of hydrogen-bond donors (Lipinski definition) is 1. The van der Waals surface area contributed by atoms with E-state index in [0.717, 1.165) is 5.82 Å². The Kier molecular flexibility index (Phi) is 5.67. The second kappa shape index (κ2) is 8.54. The third-order valence-corrected chi connectivity index (χ3v) is 5.13. The molecule has 3 aromatic rings. The number of anilines is 2. The molecular formula is C21H18ClFN4O3. The van der Waals surface area contributed by atoms with Crippen LogP contribution >= 0.6 is 11.6 Å². The van der Waals surface area contributed by atoms with Gasteiger partial charge in [-0.15, -0.1) is 0 Å². The van der Waals surface area contributed by atoms with Gasteiger partial charge in [-0.05, 0) is 36.4 Å². The maximum atomic E-state index is 13.9. The highest BCUT2D eigenvalue weighted by Gasteiger charge is 2.24. The van der Waals surface area contributed by atoms with Gasteiger partial charge in [0.15, 0.2) is 5.76 Å². The van der Waals surface area contributed by atoms with E-state index in [9.17, 15) is 14.0 Å². The van der Waals surface area contributed by atoms with Crippen LogP contribution in [0.25, 0.3) is 0 Å². The molecule has 0 saturated carbocycles. The number of carbonyl (C=O) groups excluding carboxylic acids is 2. The van der Waals surface area contributed by atoms with Crippen LogP contribution in [0.3, 0.4) is 0 Å². The zero-order valence-electron chi connectivity index (χ0n) is 15.8. The molecule has 0 aliphatic carbocycles. The lowest BCUT2D eigenvalue weighted by Gasteiger charge is -2.35. The molecule has 7 nitrogen and oxygen atoms in total. The van der Waals surface area contributed by atoms with Crippen molar-refractivity contribution < 1.29 is 18.4 Å². The Labute approximate surface area is 177 Å². The number of carbonyl (C=O) groups is 2. The smallest absolute Gasteiger partial charge is 0.289 e. The zero-order chi connectivity index (χ0) is 21.1. The number of amides is 2. The molecule has 0 atom stereocenters. The number of halogens is 2. The molecular weight excluding hydrogens is 411 g/mol. The van der Waals surface area contributed by atoms with Gasteiger partial charge in [0.25, 0.3) is 11.8 Å². The third-order valence-electron chi connectivity index (χ3n) is 4.82. The lowest BCUT2D eigenvalue weighted by molar-refractivity contribution is 0.0714. The molecule has 0 bridgehead atoms. The number of nitrogens with zero attached hydrogens (tertiary/aromatic N) is 3. The zero-order valence-corrected chi connectivity index (χ0v) is 16.6. The lowest BCUT2D eigenvalue weighted by Crippen LogP contribution is -2.49. The number of rotatable bonds is 4. The van der Waals surface area contributed by atoms with Gasteiger partial charge < -0.3 is 19.5 Å². The number of hydrogen-bond acceptors (Lipinski definition) is 5. The van der Waals surface area contributed by atoms with Crippen LogP contribution in [0, 0.1) is 5.82 Å². The van der Waals surface area contributed by atoms with Crippen molar-refractivity contribution in [3.05, 3.63) is 77.1 Å². The van der Waals surface area contributed by atoms with E-state index in [-0.39, 0.29) is 16.5 Å². The minimum atomic E-state index is -0.688. The molecule has 3 heterocycles. The summed E-state index contributed by atoms with van der Waals surface area (Å²) in [6, 6.07) is 10.9. The van der Waals surface area contributed by atoms with Crippen LogP contribution in [0.15, 0.2) is 59.3 Å². The Morgan fingerprint density at radius 1 is 1.07 bits per heavy atom. The van der Waals surface area contributed by atoms with Gasteiger partial charge in [0.2, 0.25) is 0 Å². The van der Waals surface area contributed by atoms with Crippen LogP contribution in [0.2, 0.25) is 5.02 Å². The molecule has 1 saturated heterocycles. The fourth-order valence-electron chi connectivity index (χ4n) is 3.25. The molecule has 0 spiro atoms. The van der Waals surface area contributed by atoms with Crippen LogP contribution in [-0.4, -0.2) is 47.9 Å². The van der Waals surface area contributed by atoms with Gasteiger partial charge >= 0.3 is 0 Å². The van der Waals surface area contributed by atoms with E-state index >= 15 is 0 Å². The maximum absolute atomic E-state index is 13.9. The number of aromatic nitrogens is 1. The number of pyridine rings is 1. The molecule has 2 aromatic heterocycles. The van der Waals surface area contributed by atoms with Crippen LogP contribution in [0.5, 0.6) is 0 Å². The van der Waals surface area contributed by atoms with E-state index in [4.69, 9.17) is 16.0 Å². The maximum Gasteiger partial charge on any atom is 0.289 e. The van der Waals surface area contributed by atoms with Gasteiger partial charge in [-0.25, -0.2) is 9.37 Å². The molecule has 0 radical (unpaired) electrons. The first-order valence-corrected chi connectivity index (χ1v) is 9.70. The number of nitrogens with one attached hydrogen (secondary N) is 1. The van der Waals surface area contributed by atoms with Gasteiger partial charge in [0.1, 0.15) is 11.6 Å². The summed E-state index contributed by atoms with van der Waals surface area (Å²) in [5.74, 6) is -0.402. The van der Waals surface area contributed by atoms with E-state index < -0.39 is 11.7 Å². The highest BCUT2D eigenvalue weighted by molar-refractivity contribution is 6.34. The number of furan rings is 1. The topological polar surface area (TPSA) is 78.7 Å². The molecule has 1 fully saturated rings. The predicted octanol–water partition coefficient (Wildman–Crippen LogP) is 3.68. The molecule has 2 amide bonds. The van der Waals surface area contributed by atoms with Crippen molar-refractivity contribution in [1.82, 2.24) is 9.88 Å². The summed E-state index contributed by atoms with van der Waals surface area (Å²) in [6.45, 7) is 2.34. The largest absolute Gasteiger partial charge is 0.459 e. The highest BCUT2D eigenvalue weighted by Crippen LogP contribution is 2.22. The van der Waals surface area contributed by atoms with Crippen molar-refractivity contribution >= 4 is 34.9 Å². The Hall–Kier alpha value is -3.39. The normalized spacial score (nSPS) is 13.9. The van der Waals surface area contributed by atoms with Crippen molar-refractivity contribution in [3.8, 4) is 0 Å². The molecule has 1 aliphatic rings. The monoisotopic (exact) mass is 428 g/mol. The Balaban J connectivity index is 1.36. The molecule has 1 aromatic carbocycles. The van der Waals surface area contributed by atoms with E-state index in [0.29, 0.717) is 37.6 Å². The van der Waals surface area contributed by atoms with Gasteiger partial charge in [0.05, 0.1) is 28.7 Å². The average molecular weight is 429 g/mol. The number of piperazine rings is 1. The third kappa shape index (κ3) is 4.13. The predicted molar refractivity (Wildman–Crippen MR) is 110 cm³/mol. The second-order valence-corrected chi connectivity index (χ2v) is 7.12.